The highest BCUT2D eigenvalue weighted by Gasteiger charge is 2.39. The van der Waals surface area contributed by atoms with Crippen LogP contribution in [-0.2, 0) is 25.2 Å². The van der Waals surface area contributed by atoms with Crippen LogP contribution in [0.4, 0.5) is 0 Å². The third-order valence-electron chi connectivity index (χ3n) is 5.25. The molecule has 0 amide bonds. The second-order valence-electron chi connectivity index (χ2n) is 8.54. The first-order chi connectivity index (χ1) is 13.1. The average molecular weight is 411 g/mol. The minimum Gasteiger partial charge on any atom is -0.414 e. The van der Waals surface area contributed by atoms with Crippen LogP contribution in [0.2, 0.25) is 18.1 Å². The van der Waals surface area contributed by atoms with E-state index < -0.39 is 20.5 Å². The molecule has 0 unspecified atom stereocenters. The summed E-state index contributed by atoms with van der Waals surface area (Å²) in [5.41, 5.74) is 1.04. The molecule has 0 saturated heterocycles. The molecule has 160 valence electrons. The van der Waals surface area contributed by atoms with E-state index in [0.717, 1.165) is 5.56 Å². The Kier molecular flexibility index (Phi) is 10.6. The second kappa shape index (κ2) is 11.9. The van der Waals surface area contributed by atoms with Crippen LogP contribution in [0.1, 0.15) is 32.8 Å². The number of aliphatic hydroxyl groups is 1. The lowest BCUT2D eigenvalue weighted by molar-refractivity contribution is -0.164. The van der Waals surface area contributed by atoms with Crippen molar-refractivity contribution in [2.24, 2.45) is 0 Å². The molecule has 0 spiro atoms. The highest BCUT2D eigenvalue weighted by atomic mass is 28.4. The van der Waals surface area contributed by atoms with E-state index in [4.69, 9.17) is 18.6 Å². The number of rotatable bonds is 13. The second-order valence-corrected chi connectivity index (χ2v) is 13.3. The molecule has 3 atom stereocenters. The quantitative estimate of drug-likeness (QED) is 0.294. The van der Waals surface area contributed by atoms with E-state index in [1.807, 2.05) is 30.3 Å². The lowest BCUT2D eigenvalue weighted by Gasteiger charge is -2.38. The number of aliphatic hydroxyl groups excluding tert-OH is 1. The maximum atomic E-state index is 10.9. The van der Waals surface area contributed by atoms with Crippen LogP contribution in [0, 0.1) is 0 Å². The zero-order valence-corrected chi connectivity index (χ0v) is 19.3. The van der Waals surface area contributed by atoms with Crippen LogP contribution in [0.25, 0.3) is 0 Å². The number of hydrogen-bond acceptors (Lipinski definition) is 5. The fourth-order valence-electron chi connectivity index (χ4n) is 2.45. The predicted octanol–water partition coefficient (Wildman–Crippen LogP) is 4.52. The maximum Gasteiger partial charge on any atom is 0.192 e. The van der Waals surface area contributed by atoms with Gasteiger partial charge in [0.15, 0.2) is 8.32 Å². The van der Waals surface area contributed by atoms with E-state index in [2.05, 4.69) is 40.4 Å². The van der Waals surface area contributed by atoms with E-state index in [-0.39, 0.29) is 24.5 Å². The third-order valence-corrected chi connectivity index (χ3v) is 9.75. The Bertz CT molecular complexity index is 556. The van der Waals surface area contributed by atoms with Gasteiger partial charge in [-0.2, -0.15) is 0 Å². The van der Waals surface area contributed by atoms with Crippen LogP contribution >= 0.6 is 0 Å². The summed E-state index contributed by atoms with van der Waals surface area (Å²) in [4.78, 5) is 0. The molecule has 0 fully saturated rings. The molecular weight excluding hydrogens is 372 g/mol. The number of benzene rings is 1. The molecule has 0 radical (unpaired) electrons. The molecule has 0 aromatic heterocycles. The normalized spacial score (nSPS) is 15.8. The Labute approximate surface area is 171 Å². The summed E-state index contributed by atoms with van der Waals surface area (Å²) in [6.07, 6.45) is 0.553. The first-order valence-electron chi connectivity index (χ1n) is 9.81. The fourth-order valence-corrected chi connectivity index (χ4v) is 3.48. The van der Waals surface area contributed by atoms with E-state index in [0.29, 0.717) is 13.0 Å². The first kappa shape index (κ1) is 25.0. The minimum absolute atomic E-state index is 0.0696. The summed E-state index contributed by atoms with van der Waals surface area (Å²) in [6, 6.07) is 9.88. The summed E-state index contributed by atoms with van der Waals surface area (Å²) >= 11 is 0. The molecular formula is C22H38O5Si. The van der Waals surface area contributed by atoms with Gasteiger partial charge in [0, 0.05) is 7.11 Å². The highest BCUT2D eigenvalue weighted by Crippen LogP contribution is 2.36. The minimum atomic E-state index is -1.98. The largest absolute Gasteiger partial charge is 0.414 e. The monoisotopic (exact) mass is 410 g/mol. The van der Waals surface area contributed by atoms with Gasteiger partial charge < -0.3 is 23.7 Å². The topological polar surface area (TPSA) is 57.2 Å². The molecule has 0 heterocycles. The Morgan fingerprint density at radius 2 is 1.79 bits per heavy atom. The smallest absolute Gasteiger partial charge is 0.192 e. The van der Waals surface area contributed by atoms with Gasteiger partial charge in [0.2, 0.25) is 0 Å². The Morgan fingerprint density at radius 1 is 1.14 bits per heavy atom. The highest BCUT2D eigenvalue weighted by molar-refractivity contribution is 6.74. The molecule has 1 N–H and O–H groups in total. The van der Waals surface area contributed by atoms with Crippen LogP contribution < -0.4 is 0 Å². The lowest BCUT2D eigenvalue weighted by Crippen LogP contribution is -2.48. The van der Waals surface area contributed by atoms with Crippen molar-refractivity contribution >= 4 is 8.32 Å². The molecule has 0 aliphatic heterocycles. The van der Waals surface area contributed by atoms with Gasteiger partial charge in [-0.05, 0) is 30.1 Å². The molecule has 0 aliphatic rings. The molecule has 1 rings (SSSR count). The summed E-state index contributed by atoms with van der Waals surface area (Å²) in [5.74, 6) is 0. The number of methoxy groups -OCH3 is 1. The fraction of sp³-hybridized carbons (Fsp3) is 0.636. The summed E-state index contributed by atoms with van der Waals surface area (Å²) in [5, 5.41) is 11.0. The van der Waals surface area contributed by atoms with Crippen LogP contribution in [0.15, 0.2) is 43.0 Å². The van der Waals surface area contributed by atoms with E-state index >= 15 is 0 Å². The van der Waals surface area contributed by atoms with Crippen molar-refractivity contribution in [1.29, 1.82) is 0 Å². The number of ether oxygens (including phenoxy) is 3. The predicted molar refractivity (Wildman–Crippen MR) is 116 cm³/mol. The van der Waals surface area contributed by atoms with Gasteiger partial charge >= 0.3 is 0 Å². The van der Waals surface area contributed by atoms with Crippen molar-refractivity contribution in [3.8, 4) is 0 Å². The summed E-state index contributed by atoms with van der Waals surface area (Å²) < 4.78 is 23.2. The van der Waals surface area contributed by atoms with Crippen molar-refractivity contribution < 1.29 is 23.7 Å². The van der Waals surface area contributed by atoms with Gasteiger partial charge in [-0.1, -0.05) is 57.2 Å². The third kappa shape index (κ3) is 8.15. The van der Waals surface area contributed by atoms with Gasteiger partial charge in [0.1, 0.15) is 19.0 Å². The summed E-state index contributed by atoms with van der Waals surface area (Å²) in [6.45, 7) is 15.4. The Hall–Kier alpha value is -1.02. The van der Waals surface area contributed by atoms with Gasteiger partial charge in [0.05, 0.1) is 19.3 Å². The maximum absolute atomic E-state index is 10.9. The van der Waals surface area contributed by atoms with Gasteiger partial charge in [-0.25, -0.2) is 0 Å². The van der Waals surface area contributed by atoms with Crippen LogP contribution in [-0.4, -0.2) is 52.2 Å². The Balaban J connectivity index is 2.88. The van der Waals surface area contributed by atoms with Crippen molar-refractivity contribution in [2.45, 2.75) is 70.2 Å². The van der Waals surface area contributed by atoms with Gasteiger partial charge in [0.25, 0.3) is 0 Å². The molecule has 1 aromatic carbocycles. The van der Waals surface area contributed by atoms with E-state index in [9.17, 15) is 5.11 Å². The van der Waals surface area contributed by atoms with Gasteiger partial charge in [-0.15, -0.1) is 6.58 Å². The average Bonchev–Trinajstić information content (AvgIpc) is 2.64. The molecule has 0 saturated carbocycles. The summed E-state index contributed by atoms with van der Waals surface area (Å²) in [7, 11) is -0.409. The molecule has 28 heavy (non-hydrogen) atoms. The first-order valence-corrected chi connectivity index (χ1v) is 12.7. The molecule has 0 aliphatic carbocycles. The van der Waals surface area contributed by atoms with Crippen molar-refractivity contribution in [1.82, 2.24) is 0 Å². The van der Waals surface area contributed by atoms with E-state index in [1.54, 1.807) is 13.2 Å². The molecule has 5 nitrogen and oxygen atoms in total. The Morgan fingerprint density at radius 3 is 2.32 bits per heavy atom. The SMILES string of the molecule is C=CC[C@@H](OCOC)[C@H](OCc1ccccc1)[C@@H](O)CO[Si](C)(C)C(C)(C)C. The molecule has 0 bridgehead atoms. The van der Waals surface area contributed by atoms with Crippen molar-refractivity contribution in [3.63, 3.8) is 0 Å². The zero-order valence-electron chi connectivity index (χ0n) is 18.3. The van der Waals surface area contributed by atoms with Gasteiger partial charge in [-0.3, -0.25) is 0 Å². The van der Waals surface area contributed by atoms with Crippen molar-refractivity contribution in [3.05, 3.63) is 48.6 Å². The lowest BCUT2D eigenvalue weighted by atomic mass is 10.0. The standard InChI is InChI=1S/C22H38O5Si/c1-8-12-20(26-17-24-5)21(25-15-18-13-10-9-11-14-18)19(23)16-27-28(6,7)22(2,3)4/h8-11,13-14,19-21,23H,1,12,15-17H2,2-7H3/t19-,20+,21+/m0/s1. The molecule has 1 aromatic rings. The zero-order chi connectivity index (χ0) is 21.2. The van der Waals surface area contributed by atoms with E-state index in [1.165, 1.54) is 0 Å². The van der Waals surface area contributed by atoms with Crippen LogP contribution in [0.5, 0.6) is 0 Å². The molecule has 6 heteroatoms. The number of hydrogen-bond donors (Lipinski definition) is 1. The van der Waals surface area contributed by atoms with Crippen molar-refractivity contribution in [2.75, 3.05) is 20.5 Å². The van der Waals surface area contributed by atoms with Crippen LogP contribution in [0.3, 0.4) is 0 Å².